The van der Waals surface area contributed by atoms with Crippen LogP contribution in [0.4, 0.5) is 0 Å². The van der Waals surface area contributed by atoms with Crippen LogP contribution in [0, 0.1) is 11.3 Å². The molecule has 0 atom stereocenters. The van der Waals surface area contributed by atoms with Crippen LogP contribution in [-0.2, 0) is 0 Å². The average molecular weight is 222 g/mol. The summed E-state index contributed by atoms with van der Waals surface area (Å²) in [6.07, 6.45) is 3.40. The van der Waals surface area contributed by atoms with Crippen molar-refractivity contribution >= 4 is 27.2 Å². The molecule has 0 fully saturated rings. The third kappa shape index (κ3) is 0.908. The smallest absolute Gasteiger partial charge is 0.151 e. The van der Waals surface area contributed by atoms with Gasteiger partial charge in [0, 0.05) is 17.8 Å². The summed E-state index contributed by atoms with van der Waals surface area (Å²) in [5, 5.41) is 9.61. The summed E-state index contributed by atoms with van der Waals surface area (Å²) in [6, 6.07) is 5.79. The fourth-order valence-electron chi connectivity index (χ4n) is 1.11. The molecule has 0 spiro atoms. The maximum atomic E-state index is 8.74. The van der Waals surface area contributed by atoms with Crippen LogP contribution >= 0.6 is 16.1 Å². The standard InChI is InChI=1S/C8H4BrN3/c9-12-5-6(4-10)7-2-1-3-11-8(7)12/h1-3,5H. The first kappa shape index (κ1) is 7.32. The van der Waals surface area contributed by atoms with Crippen LogP contribution in [0.15, 0.2) is 24.5 Å². The lowest BCUT2D eigenvalue weighted by Crippen LogP contribution is -1.78. The van der Waals surface area contributed by atoms with Crippen molar-refractivity contribution in [2.45, 2.75) is 0 Å². The Morgan fingerprint density at radius 3 is 3.17 bits per heavy atom. The molecule has 2 aromatic rings. The molecule has 0 saturated carbocycles. The molecular formula is C8H4BrN3. The summed E-state index contributed by atoms with van der Waals surface area (Å²) in [4.78, 5) is 4.11. The number of halogens is 1. The highest BCUT2D eigenvalue weighted by Crippen LogP contribution is 2.19. The third-order valence-corrected chi connectivity index (χ3v) is 2.18. The monoisotopic (exact) mass is 221 g/mol. The molecule has 12 heavy (non-hydrogen) atoms. The molecule has 0 amide bonds. The van der Waals surface area contributed by atoms with Crippen LogP contribution in [0.5, 0.6) is 0 Å². The molecule has 2 aromatic heterocycles. The second kappa shape index (κ2) is 2.61. The number of hydrogen-bond acceptors (Lipinski definition) is 2. The van der Waals surface area contributed by atoms with Crippen molar-refractivity contribution in [2.75, 3.05) is 0 Å². The maximum absolute atomic E-state index is 8.74. The van der Waals surface area contributed by atoms with Gasteiger partial charge in [0.15, 0.2) is 5.65 Å². The summed E-state index contributed by atoms with van der Waals surface area (Å²) in [5.74, 6) is 0. The number of nitriles is 1. The summed E-state index contributed by atoms with van der Waals surface area (Å²) >= 11 is 3.26. The minimum Gasteiger partial charge on any atom is -0.266 e. The van der Waals surface area contributed by atoms with E-state index >= 15 is 0 Å². The number of fused-ring (bicyclic) bond motifs is 1. The van der Waals surface area contributed by atoms with E-state index in [-0.39, 0.29) is 0 Å². The summed E-state index contributed by atoms with van der Waals surface area (Å²) in [6.45, 7) is 0. The topological polar surface area (TPSA) is 41.6 Å². The van der Waals surface area contributed by atoms with Gasteiger partial charge in [-0.05, 0) is 12.1 Å². The number of rotatable bonds is 0. The van der Waals surface area contributed by atoms with Gasteiger partial charge in [0.1, 0.15) is 6.07 Å². The van der Waals surface area contributed by atoms with Crippen LogP contribution in [0.1, 0.15) is 5.56 Å². The predicted octanol–water partition coefficient (Wildman–Crippen LogP) is 2.07. The number of nitrogens with zero attached hydrogens (tertiary/aromatic N) is 3. The molecule has 0 aliphatic heterocycles. The second-order valence-electron chi connectivity index (χ2n) is 2.34. The quantitative estimate of drug-likeness (QED) is 0.684. The minimum absolute atomic E-state index is 0.634. The summed E-state index contributed by atoms with van der Waals surface area (Å²) in [5.41, 5.74) is 1.41. The fourth-order valence-corrected chi connectivity index (χ4v) is 1.60. The van der Waals surface area contributed by atoms with Gasteiger partial charge in [-0.1, -0.05) is 0 Å². The molecule has 58 valence electrons. The van der Waals surface area contributed by atoms with Crippen molar-refractivity contribution in [3.05, 3.63) is 30.1 Å². The molecule has 2 heterocycles. The zero-order chi connectivity index (χ0) is 8.55. The first-order valence-corrected chi connectivity index (χ1v) is 4.06. The highest BCUT2D eigenvalue weighted by Gasteiger charge is 2.05. The Kier molecular flexibility index (Phi) is 1.59. The number of aromatic nitrogens is 2. The van der Waals surface area contributed by atoms with Gasteiger partial charge < -0.3 is 0 Å². The van der Waals surface area contributed by atoms with E-state index in [1.54, 1.807) is 16.0 Å². The SMILES string of the molecule is N#Cc1cn(Br)c2ncccc12. The molecule has 0 N–H and O–H groups in total. The molecule has 0 unspecified atom stereocenters. The van der Waals surface area contributed by atoms with Crippen molar-refractivity contribution in [1.29, 1.82) is 5.26 Å². The molecule has 0 aliphatic rings. The van der Waals surface area contributed by atoms with Gasteiger partial charge in [0.25, 0.3) is 0 Å². The van der Waals surface area contributed by atoms with Crippen molar-refractivity contribution in [1.82, 2.24) is 8.58 Å². The molecule has 4 heteroatoms. The predicted molar refractivity (Wildman–Crippen MR) is 48.8 cm³/mol. The summed E-state index contributed by atoms with van der Waals surface area (Å²) in [7, 11) is 0. The lowest BCUT2D eigenvalue weighted by molar-refractivity contribution is 1.28. The lowest BCUT2D eigenvalue weighted by atomic mass is 10.2. The Labute approximate surface area is 77.6 Å². The Balaban J connectivity index is 2.94. The van der Waals surface area contributed by atoms with Crippen molar-refractivity contribution in [2.24, 2.45) is 0 Å². The molecule has 0 radical (unpaired) electrons. The van der Waals surface area contributed by atoms with Gasteiger partial charge in [0.05, 0.1) is 21.7 Å². The highest BCUT2D eigenvalue weighted by atomic mass is 79.9. The Bertz CT molecular complexity index is 467. The minimum atomic E-state index is 0.634. The molecular weight excluding hydrogens is 218 g/mol. The van der Waals surface area contributed by atoms with Gasteiger partial charge in [-0.25, -0.2) is 4.98 Å². The number of hydrogen-bond donors (Lipinski definition) is 0. The molecule has 0 aliphatic carbocycles. The van der Waals surface area contributed by atoms with E-state index in [2.05, 4.69) is 27.2 Å². The third-order valence-electron chi connectivity index (χ3n) is 1.64. The lowest BCUT2D eigenvalue weighted by Gasteiger charge is -1.88. The fraction of sp³-hybridized carbons (Fsp3) is 0. The van der Waals surface area contributed by atoms with Crippen LogP contribution in [0.3, 0.4) is 0 Å². The molecule has 0 aromatic carbocycles. The van der Waals surface area contributed by atoms with Gasteiger partial charge in [-0.15, -0.1) is 0 Å². The second-order valence-corrected chi connectivity index (χ2v) is 3.10. The van der Waals surface area contributed by atoms with E-state index in [1.165, 1.54) is 0 Å². The Morgan fingerprint density at radius 2 is 2.42 bits per heavy atom. The Hall–Kier alpha value is -1.34. The van der Waals surface area contributed by atoms with E-state index in [0.29, 0.717) is 5.56 Å². The maximum Gasteiger partial charge on any atom is 0.151 e. The van der Waals surface area contributed by atoms with Crippen LogP contribution in [0.25, 0.3) is 11.0 Å². The normalized spacial score (nSPS) is 10.0. The van der Waals surface area contributed by atoms with Gasteiger partial charge in [-0.3, -0.25) is 3.59 Å². The van der Waals surface area contributed by atoms with E-state index in [4.69, 9.17) is 5.26 Å². The largest absolute Gasteiger partial charge is 0.266 e. The molecule has 2 rings (SSSR count). The van der Waals surface area contributed by atoms with Crippen LogP contribution in [0.2, 0.25) is 0 Å². The van der Waals surface area contributed by atoms with E-state index in [0.717, 1.165) is 11.0 Å². The van der Waals surface area contributed by atoms with Crippen molar-refractivity contribution in [3.8, 4) is 6.07 Å². The van der Waals surface area contributed by atoms with Crippen molar-refractivity contribution < 1.29 is 0 Å². The molecule has 0 bridgehead atoms. The number of pyridine rings is 1. The van der Waals surface area contributed by atoms with Crippen LogP contribution < -0.4 is 0 Å². The molecule has 3 nitrogen and oxygen atoms in total. The van der Waals surface area contributed by atoms with E-state index in [9.17, 15) is 0 Å². The molecule has 0 saturated heterocycles. The van der Waals surface area contributed by atoms with Gasteiger partial charge in [0.2, 0.25) is 0 Å². The Morgan fingerprint density at radius 1 is 1.58 bits per heavy atom. The average Bonchev–Trinajstić information content (AvgIpc) is 2.44. The highest BCUT2D eigenvalue weighted by molar-refractivity contribution is 9.08. The van der Waals surface area contributed by atoms with Gasteiger partial charge >= 0.3 is 0 Å². The summed E-state index contributed by atoms with van der Waals surface area (Å²) < 4.78 is 1.67. The van der Waals surface area contributed by atoms with Crippen LogP contribution in [-0.4, -0.2) is 8.58 Å². The van der Waals surface area contributed by atoms with Gasteiger partial charge in [-0.2, -0.15) is 5.26 Å². The van der Waals surface area contributed by atoms with Crippen molar-refractivity contribution in [3.63, 3.8) is 0 Å². The van der Waals surface area contributed by atoms with E-state index < -0.39 is 0 Å². The zero-order valence-electron chi connectivity index (χ0n) is 6.03. The first-order chi connectivity index (χ1) is 5.83. The first-order valence-electron chi connectivity index (χ1n) is 3.35. The zero-order valence-corrected chi connectivity index (χ0v) is 7.62. The van der Waals surface area contributed by atoms with E-state index in [1.807, 2.05) is 12.1 Å².